The van der Waals surface area contributed by atoms with Crippen molar-refractivity contribution in [2.45, 2.75) is 57.0 Å². The molecule has 0 aliphatic heterocycles. The molecule has 2 aromatic rings. The molecule has 2 N–H and O–H groups in total. The fourth-order valence-electron chi connectivity index (χ4n) is 3.78. The number of alkyl halides is 3. The third kappa shape index (κ3) is 6.36. The number of aliphatic hydroxyl groups is 1. The van der Waals surface area contributed by atoms with Crippen molar-refractivity contribution in [2.24, 2.45) is 0 Å². The van der Waals surface area contributed by atoms with Crippen molar-refractivity contribution in [2.75, 3.05) is 13.2 Å². The third-order valence-electron chi connectivity index (χ3n) is 5.53. The van der Waals surface area contributed by atoms with E-state index in [0.717, 1.165) is 30.3 Å². The van der Waals surface area contributed by atoms with Gasteiger partial charge in [-0.25, -0.2) is 4.79 Å². The molecule has 1 saturated carbocycles. The summed E-state index contributed by atoms with van der Waals surface area (Å²) in [6.45, 7) is -0.891. The second-order valence-electron chi connectivity index (χ2n) is 7.92. The Morgan fingerprint density at radius 1 is 1.19 bits per heavy atom. The Morgan fingerprint density at radius 2 is 1.88 bits per heavy atom. The van der Waals surface area contributed by atoms with Crippen molar-refractivity contribution in [3.05, 3.63) is 51.7 Å². The second kappa shape index (κ2) is 10.1. The van der Waals surface area contributed by atoms with Gasteiger partial charge in [0.25, 0.3) is 5.91 Å². The fourth-order valence-corrected chi connectivity index (χ4v) is 3.98. The predicted octanol–water partition coefficient (Wildman–Crippen LogP) is 3.64. The van der Waals surface area contributed by atoms with E-state index < -0.39 is 30.2 Å². The molecule has 176 valence electrons. The van der Waals surface area contributed by atoms with Gasteiger partial charge >= 0.3 is 12.1 Å². The Labute approximate surface area is 187 Å². The lowest BCUT2D eigenvalue weighted by molar-refractivity contribution is -0.325. The Balaban J connectivity index is 1.71. The summed E-state index contributed by atoms with van der Waals surface area (Å²) in [7, 11) is 0. The van der Waals surface area contributed by atoms with E-state index in [1.807, 2.05) is 0 Å². The van der Waals surface area contributed by atoms with Gasteiger partial charge in [0.1, 0.15) is 0 Å². The molecule has 32 heavy (non-hydrogen) atoms. The van der Waals surface area contributed by atoms with Gasteiger partial charge in [-0.3, -0.25) is 18.7 Å². The largest absolute Gasteiger partial charge is 0.522 e. The molecule has 1 fully saturated rings. The van der Waals surface area contributed by atoms with Crippen LogP contribution in [0.1, 0.15) is 48.9 Å². The molecule has 0 radical (unpaired) electrons. The van der Waals surface area contributed by atoms with E-state index in [1.165, 1.54) is 35.2 Å². The molecular formula is C21H25ClF3N3O4. The smallest absolute Gasteiger partial charge is 0.388 e. The SMILES string of the molecule is O=C(NCC1(O)CCCCCC1)c1cc(-n2ccn(CCOC(F)(F)F)c2=O)ccc1Cl. The van der Waals surface area contributed by atoms with E-state index in [0.29, 0.717) is 18.5 Å². The molecule has 1 aromatic carbocycles. The zero-order chi connectivity index (χ0) is 23.4. The number of carbonyl (C=O) groups is 1. The predicted molar refractivity (Wildman–Crippen MR) is 112 cm³/mol. The lowest BCUT2D eigenvalue weighted by Gasteiger charge is -2.26. The van der Waals surface area contributed by atoms with Gasteiger partial charge in [0.15, 0.2) is 0 Å². The van der Waals surface area contributed by atoms with Crippen LogP contribution in [0.5, 0.6) is 0 Å². The van der Waals surface area contributed by atoms with Crippen LogP contribution in [0.2, 0.25) is 5.02 Å². The topological polar surface area (TPSA) is 85.5 Å². The molecule has 1 amide bonds. The molecule has 0 unspecified atom stereocenters. The maximum absolute atomic E-state index is 12.7. The average Bonchev–Trinajstić information content (AvgIpc) is 2.94. The van der Waals surface area contributed by atoms with Crippen LogP contribution >= 0.6 is 11.6 Å². The highest BCUT2D eigenvalue weighted by Gasteiger charge is 2.29. The van der Waals surface area contributed by atoms with Gasteiger partial charge in [-0.1, -0.05) is 37.3 Å². The van der Waals surface area contributed by atoms with Gasteiger partial charge in [0.2, 0.25) is 0 Å². The molecule has 0 saturated heterocycles. The summed E-state index contributed by atoms with van der Waals surface area (Å²) in [4.78, 5) is 25.2. The molecule has 1 aliphatic rings. The molecular weight excluding hydrogens is 451 g/mol. The first-order chi connectivity index (χ1) is 15.1. The van der Waals surface area contributed by atoms with E-state index in [1.54, 1.807) is 0 Å². The van der Waals surface area contributed by atoms with Crippen LogP contribution in [0.3, 0.4) is 0 Å². The zero-order valence-electron chi connectivity index (χ0n) is 17.3. The van der Waals surface area contributed by atoms with E-state index in [2.05, 4.69) is 10.1 Å². The van der Waals surface area contributed by atoms with Crippen LogP contribution in [0.4, 0.5) is 13.2 Å². The summed E-state index contributed by atoms with van der Waals surface area (Å²) in [6.07, 6.45) is 3.08. The number of rotatable bonds is 7. The Kier molecular flexibility index (Phi) is 7.68. The summed E-state index contributed by atoms with van der Waals surface area (Å²) < 4.78 is 42.4. The quantitative estimate of drug-likeness (QED) is 0.599. The third-order valence-corrected chi connectivity index (χ3v) is 5.86. The summed E-state index contributed by atoms with van der Waals surface area (Å²) >= 11 is 6.18. The summed E-state index contributed by atoms with van der Waals surface area (Å²) in [6, 6.07) is 4.41. The van der Waals surface area contributed by atoms with Crippen LogP contribution in [-0.2, 0) is 11.3 Å². The van der Waals surface area contributed by atoms with Gasteiger partial charge in [-0.2, -0.15) is 0 Å². The first kappa shape index (κ1) is 24.3. The molecule has 1 heterocycles. The average molecular weight is 476 g/mol. The van der Waals surface area contributed by atoms with E-state index in [4.69, 9.17) is 11.6 Å². The number of hydrogen-bond donors (Lipinski definition) is 2. The lowest BCUT2D eigenvalue weighted by Crippen LogP contribution is -2.42. The second-order valence-corrected chi connectivity index (χ2v) is 8.33. The van der Waals surface area contributed by atoms with Crippen LogP contribution in [0.25, 0.3) is 5.69 Å². The monoisotopic (exact) mass is 475 g/mol. The van der Waals surface area contributed by atoms with Gasteiger partial charge in [0.05, 0.1) is 35.0 Å². The molecule has 7 nitrogen and oxygen atoms in total. The Morgan fingerprint density at radius 3 is 2.53 bits per heavy atom. The number of benzene rings is 1. The van der Waals surface area contributed by atoms with Gasteiger partial charge in [-0.15, -0.1) is 13.2 Å². The molecule has 0 atom stereocenters. The Hall–Kier alpha value is -2.30. The number of aromatic nitrogens is 2. The molecule has 1 aromatic heterocycles. The summed E-state index contributed by atoms with van der Waals surface area (Å²) in [5.74, 6) is -0.486. The number of hydrogen-bond acceptors (Lipinski definition) is 4. The highest BCUT2D eigenvalue weighted by atomic mass is 35.5. The van der Waals surface area contributed by atoms with Crippen molar-refractivity contribution in [3.63, 3.8) is 0 Å². The van der Waals surface area contributed by atoms with Crippen molar-refractivity contribution in [3.8, 4) is 5.69 Å². The van der Waals surface area contributed by atoms with E-state index >= 15 is 0 Å². The van der Waals surface area contributed by atoms with Crippen molar-refractivity contribution < 1.29 is 27.8 Å². The van der Waals surface area contributed by atoms with Gasteiger partial charge in [-0.05, 0) is 31.0 Å². The van der Waals surface area contributed by atoms with Crippen LogP contribution in [0, 0.1) is 0 Å². The van der Waals surface area contributed by atoms with Crippen molar-refractivity contribution in [1.82, 2.24) is 14.5 Å². The highest BCUT2D eigenvalue weighted by Crippen LogP contribution is 2.27. The standard InChI is InChI=1S/C21H25ClF3N3O4/c22-17-6-5-15(28-10-9-27(19(28)30)11-12-32-21(23,24)25)13-16(17)18(29)26-14-20(31)7-3-1-2-4-8-20/h5-6,9-10,13,31H,1-4,7-8,11-12,14H2,(H,26,29). The molecule has 3 rings (SSSR count). The minimum atomic E-state index is -4.77. The summed E-state index contributed by atoms with van der Waals surface area (Å²) in [5.41, 5.74) is -1.09. The van der Waals surface area contributed by atoms with Crippen LogP contribution < -0.4 is 11.0 Å². The van der Waals surface area contributed by atoms with Crippen LogP contribution in [0.15, 0.2) is 35.4 Å². The Bertz CT molecular complexity index is 995. The molecule has 11 heteroatoms. The minimum Gasteiger partial charge on any atom is -0.388 e. The minimum absolute atomic E-state index is 0.0991. The summed E-state index contributed by atoms with van der Waals surface area (Å²) in [5, 5.41) is 13.6. The number of nitrogens with one attached hydrogen (secondary N) is 1. The van der Waals surface area contributed by atoms with Crippen molar-refractivity contribution in [1.29, 1.82) is 0 Å². The number of halogens is 4. The maximum atomic E-state index is 12.7. The first-order valence-electron chi connectivity index (χ1n) is 10.4. The normalized spacial score (nSPS) is 16.5. The number of imidazole rings is 1. The number of carbonyl (C=O) groups excluding carboxylic acids is 1. The molecule has 0 spiro atoms. The van der Waals surface area contributed by atoms with Gasteiger partial charge in [0, 0.05) is 18.9 Å². The van der Waals surface area contributed by atoms with Crippen molar-refractivity contribution >= 4 is 17.5 Å². The number of nitrogens with zero attached hydrogens (tertiary/aromatic N) is 2. The number of amides is 1. The maximum Gasteiger partial charge on any atom is 0.522 e. The first-order valence-corrected chi connectivity index (χ1v) is 10.7. The highest BCUT2D eigenvalue weighted by molar-refractivity contribution is 6.33. The van der Waals surface area contributed by atoms with E-state index in [9.17, 15) is 27.9 Å². The zero-order valence-corrected chi connectivity index (χ0v) is 18.1. The molecule has 1 aliphatic carbocycles. The van der Waals surface area contributed by atoms with Gasteiger partial charge < -0.3 is 10.4 Å². The van der Waals surface area contributed by atoms with Crippen LogP contribution in [-0.4, -0.2) is 45.3 Å². The van der Waals surface area contributed by atoms with E-state index in [-0.39, 0.29) is 23.7 Å². The fraction of sp³-hybridized carbons (Fsp3) is 0.524. The molecule has 0 bridgehead atoms. The lowest BCUT2D eigenvalue weighted by atomic mass is 9.94. The number of ether oxygens (including phenoxy) is 1.